The molecule has 1 unspecified atom stereocenters. The fraction of sp³-hybridized carbons (Fsp3) is 0.690. The average Bonchev–Trinajstić information content (AvgIpc) is 3.16. The van der Waals surface area contributed by atoms with Gasteiger partial charge in [-0.3, -0.25) is 9.69 Å². The summed E-state index contributed by atoms with van der Waals surface area (Å²) in [6.45, 7) is 12.6. The number of unbranched alkanes of at least 4 members (excludes halogenated alkanes) is 1. The molecule has 0 aromatic heterocycles. The lowest BCUT2D eigenvalue weighted by Gasteiger charge is -2.46. The van der Waals surface area contributed by atoms with Crippen LogP contribution in [0.1, 0.15) is 80.3 Å². The zero-order chi connectivity index (χ0) is 29.7. The van der Waals surface area contributed by atoms with Gasteiger partial charge in [0.2, 0.25) is 0 Å². The Kier molecular flexibility index (Phi) is 10.5. The number of benzene rings is 1. The van der Waals surface area contributed by atoms with Crippen LogP contribution in [0.25, 0.3) is 0 Å². The van der Waals surface area contributed by atoms with Crippen molar-refractivity contribution < 1.29 is 37.4 Å². The number of halogens is 3. The first-order chi connectivity index (χ1) is 18.8. The Bertz CT molecular complexity index is 1030. The topological polar surface area (TPSA) is 90.4 Å². The number of hydrogen-bond acceptors (Lipinski definition) is 5. The number of likely N-dealkylation sites (N-methyl/N-ethyl adjacent to an activating group) is 1. The number of carboxylic acids is 1. The summed E-state index contributed by atoms with van der Waals surface area (Å²) in [6.07, 6.45) is 1.99. The number of hydrogen-bond donors (Lipinski definition) is 1. The van der Waals surface area contributed by atoms with Crippen molar-refractivity contribution in [2.45, 2.75) is 96.5 Å². The van der Waals surface area contributed by atoms with Gasteiger partial charge in [0.15, 0.2) is 0 Å². The number of amides is 2. The largest absolute Gasteiger partial charge is 0.490 e. The van der Waals surface area contributed by atoms with Crippen molar-refractivity contribution in [3.8, 4) is 0 Å². The molecule has 1 aromatic carbocycles. The highest BCUT2D eigenvalue weighted by atomic mass is 19.4. The standard InChI is InChI=1S/C27H41N3O3.C2HF3O2/c1-5-7-11-23-27(33-26(32)30(23)6-2)14-18-28(19-15-27)22-12-16-29(17-13-22)25(31)24-20(3)9-8-10-21(24)4;3-2(4,5)1(6)7/h8-10,22-23H,5-7,11-19H2,1-4H3;(H,6,7). The van der Waals surface area contributed by atoms with Gasteiger partial charge in [0.25, 0.3) is 5.91 Å². The van der Waals surface area contributed by atoms with Crippen LogP contribution in [-0.2, 0) is 9.53 Å². The molecule has 224 valence electrons. The molecule has 3 fully saturated rings. The van der Waals surface area contributed by atoms with E-state index in [2.05, 4.69) is 18.7 Å². The second kappa shape index (κ2) is 13.2. The highest BCUT2D eigenvalue weighted by molar-refractivity contribution is 5.97. The Morgan fingerprint density at radius 3 is 2.08 bits per heavy atom. The molecule has 0 aliphatic carbocycles. The second-order valence-corrected chi connectivity index (χ2v) is 11.0. The maximum Gasteiger partial charge on any atom is 0.490 e. The molecule has 0 saturated carbocycles. The van der Waals surface area contributed by atoms with Crippen LogP contribution in [0.2, 0.25) is 0 Å². The van der Waals surface area contributed by atoms with Gasteiger partial charge in [-0.2, -0.15) is 13.2 Å². The fourth-order valence-electron chi connectivity index (χ4n) is 6.32. The number of piperidine rings is 2. The monoisotopic (exact) mass is 569 g/mol. The number of carbonyl (C=O) groups excluding carboxylic acids is 2. The van der Waals surface area contributed by atoms with Crippen LogP contribution >= 0.6 is 0 Å². The first-order valence-corrected chi connectivity index (χ1v) is 14.2. The molecule has 40 heavy (non-hydrogen) atoms. The van der Waals surface area contributed by atoms with Gasteiger partial charge in [-0.05, 0) is 51.2 Å². The minimum atomic E-state index is -5.08. The maximum absolute atomic E-state index is 13.2. The van der Waals surface area contributed by atoms with Crippen LogP contribution in [0.3, 0.4) is 0 Å². The number of aliphatic carboxylic acids is 1. The van der Waals surface area contributed by atoms with Gasteiger partial charge in [0.1, 0.15) is 5.60 Å². The maximum atomic E-state index is 13.2. The van der Waals surface area contributed by atoms with Crippen molar-refractivity contribution in [1.82, 2.24) is 14.7 Å². The van der Waals surface area contributed by atoms with Gasteiger partial charge < -0.3 is 19.6 Å². The number of aryl methyl sites for hydroxylation is 2. The van der Waals surface area contributed by atoms with Crippen molar-refractivity contribution in [1.29, 1.82) is 0 Å². The molecule has 3 aliphatic rings. The van der Waals surface area contributed by atoms with E-state index in [0.29, 0.717) is 6.04 Å². The lowest BCUT2D eigenvalue weighted by Crippen LogP contribution is -2.56. The van der Waals surface area contributed by atoms with Crippen LogP contribution in [0.15, 0.2) is 18.2 Å². The van der Waals surface area contributed by atoms with Gasteiger partial charge in [-0.15, -0.1) is 0 Å². The summed E-state index contributed by atoms with van der Waals surface area (Å²) in [5.41, 5.74) is 2.69. The van der Waals surface area contributed by atoms with E-state index in [4.69, 9.17) is 14.6 Å². The van der Waals surface area contributed by atoms with Crippen LogP contribution in [0, 0.1) is 13.8 Å². The van der Waals surface area contributed by atoms with Crippen molar-refractivity contribution in [2.75, 3.05) is 32.7 Å². The molecule has 1 spiro atoms. The molecule has 2 amide bonds. The number of ether oxygens (including phenoxy) is 1. The van der Waals surface area contributed by atoms with E-state index in [-0.39, 0.29) is 23.6 Å². The average molecular weight is 570 g/mol. The molecule has 1 atom stereocenters. The number of likely N-dealkylation sites (tertiary alicyclic amines) is 2. The Morgan fingerprint density at radius 2 is 1.60 bits per heavy atom. The summed E-state index contributed by atoms with van der Waals surface area (Å²) >= 11 is 0. The summed E-state index contributed by atoms with van der Waals surface area (Å²) in [5, 5.41) is 7.12. The summed E-state index contributed by atoms with van der Waals surface area (Å²) in [6, 6.07) is 6.80. The van der Waals surface area contributed by atoms with E-state index in [1.54, 1.807) is 0 Å². The molecule has 1 aromatic rings. The molecule has 3 aliphatic heterocycles. The van der Waals surface area contributed by atoms with Crippen molar-refractivity contribution in [3.05, 3.63) is 34.9 Å². The highest BCUT2D eigenvalue weighted by Crippen LogP contribution is 2.41. The molecule has 3 heterocycles. The lowest BCUT2D eigenvalue weighted by atomic mass is 9.81. The van der Waals surface area contributed by atoms with E-state index in [0.717, 1.165) is 94.4 Å². The number of alkyl halides is 3. The van der Waals surface area contributed by atoms with Gasteiger partial charge >= 0.3 is 18.2 Å². The minimum absolute atomic E-state index is 0.120. The van der Waals surface area contributed by atoms with E-state index in [1.165, 1.54) is 0 Å². The summed E-state index contributed by atoms with van der Waals surface area (Å²) in [5.74, 6) is -2.58. The Labute approximate surface area is 234 Å². The van der Waals surface area contributed by atoms with Crippen LogP contribution in [0.4, 0.5) is 18.0 Å². The van der Waals surface area contributed by atoms with Gasteiger partial charge in [0.05, 0.1) is 6.04 Å². The normalized spacial score (nSPS) is 21.7. The highest BCUT2D eigenvalue weighted by Gasteiger charge is 2.54. The van der Waals surface area contributed by atoms with Crippen LogP contribution in [-0.4, -0.2) is 94.4 Å². The van der Waals surface area contributed by atoms with Gasteiger partial charge in [-0.1, -0.05) is 38.0 Å². The van der Waals surface area contributed by atoms with E-state index < -0.39 is 12.1 Å². The predicted octanol–water partition coefficient (Wildman–Crippen LogP) is 5.41. The number of nitrogens with zero attached hydrogens (tertiary/aromatic N) is 3. The molecule has 3 saturated heterocycles. The number of carbonyl (C=O) groups is 3. The Hall–Kier alpha value is -2.82. The minimum Gasteiger partial charge on any atom is -0.475 e. The first-order valence-electron chi connectivity index (χ1n) is 14.2. The lowest BCUT2D eigenvalue weighted by molar-refractivity contribution is -0.192. The predicted molar refractivity (Wildman–Crippen MR) is 144 cm³/mol. The summed E-state index contributed by atoms with van der Waals surface area (Å²) in [7, 11) is 0. The molecule has 1 N–H and O–H groups in total. The number of rotatable bonds is 6. The molecule has 4 rings (SSSR count). The van der Waals surface area contributed by atoms with Crippen molar-refractivity contribution in [2.24, 2.45) is 0 Å². The van der Waals surface area contributed by atoms with Gasteiger partial charge in [-0.25, -0.2) is 9.59 Å². The van der Waals surface area contributed by atoms with Crippen molar-refractivity contribution >= 4 is 18.0 Å². The van der Waals surface area contributed by atoms with E-state index in [1.807, 2.05) is 41.8 Å². The summed E-state index contributed by atoms with van der Waals surface area (Å²) in [4.78, 5) is 41.2. The SMILES string of the molecule is CCCCC1N(CC)C(=O)OC12CCN(C1CCN(C(=O)c3c(C)cccc3C)CC1)CC2.O=C(O)C(F)(F)F. The molecule has 0 bridgehead atoms. The Balaban J connectivity index is 0.000000559. The third-order valence-corrected chi connectivity index (χ3v) is 8.53. The Morgan fingerprint density at radius 1 is 1.05 bits per heavy atom. The third kappa shape index (κ3) is 7.08. The quantitative estimate of drug-likeness (QED) is 0.493. The van der Waals surface area contributed by atoms with Crippen LogP contribution in [0.5, 0.6) is 0 Å². The van der Waals surface area contributed by atoms with E-state index >= 15 is 0 Å². The second-order valence-electron chi connectivity index (χ2n) is 11.0. The molecular formula is C29H42F3N3O5. The van der Waals surface area contributed by atoms with E-state index in [9.17, 15) is 22.8 Å². The number of carboxylic acid groups (broad SMARTS) is 1. The summed E-state index contributed by atoms with van der Waals surface area (Å²) < 4.78 is 37.8. The zero-order valence-electron chi connectivity index (χ0n) is 23.9. The molecule has 0 radical (unpaired) electrons. The first kappa shape index (κ1) is 31.7. The molecule has 11 heteroatoms. The fourth-order valence-corrected chi connectivity index (χ4v) is 6.32. The third-order valence-electron chi connectivity index (χ3n) is 8.53. The molecular weight excluding hydrogens is 527 g/mol. The van der Waals surface area contributed by atoms with Crippen molar-refractivity contribution in [3.63, 3.8) is 0 Å². The molecule has 8 nitrogen and oxygen atoms in total. The zero-order valence-corrected chi connectivity index (χ0v) is 23.9. The van der Waals surface area contributed by atoms with Crippen LogP contribution < -0.4 is 0 Å². The smallest absolute Gasteiger partial charge is 0.475 e. The van der Waals surface area contributed by atoms with Gasteiger partial charge in [0, 0.05) is 57.2 Å².